The Hall–Kier alpha value is -0.550. The van der Waals surface area contributed by atoms with E-state index in [0.29, 0.717) is 5.41 Å². The molecule has 0 unspecified atom stereocenters. The smallest absolute Gasteiger partial charge is 0.0703 e. The number of nitrogens with zero attached hydrogens (tertiary/aromatic N) is 2. The third kappa shape index (κ3) is 1.79. The van der Waals surface area contributed by atoms with Crippen molar-refractivity contribution in [3.8, 4) is 6.07 Å². The van der Waals surface area contributed by atoms with E-state index in [1.807, 2.05) is 0 Å². The predicted molar refractivity (Wildman–Crippen MR) is 56.7 cm³/mol. The topological polar surface area (TPSA) is 27.0 Å². The zero-order chi connectivity index (χ0) is 10.2. The fraction of sp³-hybridized carbons (Fsp3) is 0.917. The van der Waals surface area contributed by atoms with Gasteiger partial charge >= 0.3 is 0 Å². The molecular weight excluding hydrogens is 172 g/mol. The van der Waals surface area contributed by atoms with E-state index in [-0.39, 0.29) is 5.41 Å². The summed E-state index contributed by atoms with van der Waals surface area (Å²) in [6.45, 7) is 8.04. The van der Waals surface area contributed by atoms with Crippen LogP contribution in [-0.2, 0) is 0 Å². The summed E-state index contributed by atoms with van der Waals surface area (Å²) in [6.07, 6.45) is 4.79. The van der Waals surface area contributed by atoms with Crippen LogP contribution in [0.15, 0.2) is 0 Å². The SMILES string of the molecule is CC1(C)CCN(CC2(C#N)CCC2)C1. The minimum atomic E-state index is 0.0282. The highest BCUT2D eigenvalue weighted by Gasteiger charge is 2.41. The van der Waals surface area contributed by atoms with Gasteiger partial charge in [0, 0.05) is 13.1 Å². The van der Waals surface area contributed by atoms with Crippen molar-refractivity contribution in [3.05, 3.63) is 0 Å². The maximum atomic E-state index is 9.15. The average Bonchev–Trinajstić information content (AvgIpc) is 2.38. The van der Waals surface area contributed by atoms with Crippen LogP contribution in [0.5, 0.6) is 0 Å². The largest absolute Gasteiger partial charge is 0.301 e. The molecule has 0 aromatic rings. The lowest BCUT2D eigenvalue weighted by Gasteiger charge is -2.38. The van der Waals surface area contributed by atoms with E-state index in [1.165, 1.54) is 25.9 Å². The molecular formula is C12H20N2. The molecule has 0 amide bonds. The van der Waals surface area contributed by atoms with Gasteiger partial charge in [0.05, 0.1) is 11.5 Å². The fourth-order valence-corrected chi connectivity index (χ4v) is 2.70. The first kappa shape index (κ1) is 9.98. The summed E-state index contributed by atoms with van der Waals surface area (Å²) in [5, 5.41) is 9.15. The van der Waals surface area contributed by atoms with Crippen molar-refractivity contribution >= 4 is 0 Å². The van der Waals surface area contributed by atoms with Crippen LogP contribution in [-0.4, -0.2) is 24.5 Å². The van der Waals surface area contributed by atoms with Gasteiger partial charge in [0.15, 0.2) is 0 Å². The molecule has 2 nitrogen and oxygen atoms in total. The zero-order valence-corrected chi connectivity index (χ0v) is 9.34. The molecule has 0 N–H and O–H groups in total. The predicted octanol–water partition coefficient (Wildman–Crippen LogP) is 2.41. The molecule has 1 aliphatic heterocycles. The molecule has 0 spiro atoms. The first-order valence-electron chi connectivity index (χ1n) is 5.69. The maximum absolute atomic E-state index is 9.15. The number of nitriles is 1. The van der Waals surface area contributed by atoms with E-state index >= 15 is 0 Å². The zero-order valence-electron chi connectivity index (χ0n) is 9.34. The Morgan fingerprint density at radius 3 is 2.36 bits per heavy atom. The molecule has 1 heterocycles. The molecule has 0 bridgehead atoms. The van der Waals surface area contributed by atoms with E-state index < -0.39 is 0 Å². The summed E-state index contributed by atoms with van der Waals surface area (Å²) in [7, 11) is 0. The molecule has 78 valence electrons. The summed E-state index contributed by atoms with van der Waals surface area (Å²) >= 11 is 0. The van der Waals surface area contributed by atoms with Gasteiger partial charge in [-0.25, -0.2) is 0 Å². The summed E-state index contributed by atoms with van der Waals surface area (Å²) in [5.74, 6) is 0. The molecule has 1 saturated heterocycles. The van der Waals surface area contributed by atoms with Gasteiger partial charge in [-0.2, -0.15) is 5.26 Å². The Morgan fingerprint density at radius 2 is 2.00 bits per heavy atom. The first-order valence-corrected chi connectivity index (χ1v) is 5.69. The van der Waals surface area contributed by atoms with Crippen molar-refractivity contribution in [3.63, 3.8) is 0 Å². The fourth-order valence-electron chi connectivity index (χ4n) is 2.70. The van der Waals surface area contributed by atoms with E-state index in [1.54, 1.807) is 0 Å². The van der Waals surface area contributed by atoms with Crippen LogP contribution < -0.4 is 0 Å². The molecule has 0 radical (unpaired) electrons. The molecule has 0 atom stereocenters. The number of hydrogen-bond donors (Lipinski definition) is 0. The van der Waals surface area contributed by atoms with Gasteiger partial charge in [0.25, 0.3) is 0 Å². The molecule has 1 saturated carbocycles. The van der Waals surface area contributed by atoms with Crippen molar-refractivity contribution in [2.45, 2.75) is 39.5 Å². The normalized spacial score (nSPS) is 29.5. The van der Waals surface area contributed by atoms with Crippen LogP contribution in [0.2, 0.25) is 0 Å². The summed E-state index contributed by atoms with van der Waals surface area (Å²) in [5.41, 5.74) is 0.501. The van der Waals surface area contributed by atoms with Crippen molar-refractivity contribution in [2.75, 3.05) is 19.6 Å². The van der Waals surface area contributed by atoms with Crippen LogP contribution >= 0.6 is 0 Å². The second kappa shape index (κ2) is 3.24. The lowest BCUT2D eigenvalue weighted by atomic mass is 9.69. The van der Waals surface area contributed by atoms with Gasteiger partial charge in [-0.15, -0.1) is 0 Å². The lowest BCUT2D eigenvalue weighted by Crippen LogP contribution is -2.40. The van der Waals surface area contributed by atoms with Gasteiger partial charge in [-0.1, -0.05) is 20.3 Å². The molecule has 2 aliphatic rings. The number of rotatable bonds is 2. The maximum Gasteiger partial charge on any atom is 0.0703 e. The van der Waals surface area contributed by atoms with Crippen LogP contribution in [0.1, 0.15) is 39.5 Å². The third-order valence-corrected chi connectivity index (χ3v) is 3.83. The second-order valence-corrected chi connectivity index (χ2v) is 5.87. The molecule has 14 heavy (non-hydrogen) atoms. The van der Waals surface area contributed by atoms with Gasteiger partial charge in [0.1, 0.15) is 0 Å². The monoisotopic (exact) mass is 192 g/mol. The van der Waals surface area contributed by atoms with E-state index in [9.17, 15) is 0 Å². The Bertz CT molecular complexity index is 258. The lowest BCUT2D eigenvalue weighted by molar-refractivity contribution is 0.130. The quantitative estimate of drug-likeness (QED) is 0.672. The summed E-state index contributed by atoms with van der Waals surface area (Å²) < 4.78 is 0. The van der Waals surface area contributed by atoms with Gasteiger partial charge < -0.3 is 4.90 Å². The molecule has 0 aromatic heterocycles. The van der Waals surface area contributed by atoms with Gasteiger partial charge in [0.2, 0.25) is 0 Å². The van der Waals surface area contributed by atoms with E-state index in [0.717, 1.165) is 19.4 Å². The van der Waals surface area contributed by atoms with Crippen molar-refractivity contribution < 1.29 is 0 Å². The Balaban J connectivity index is 1.90. The Labute approximate surface area is 86.9 Å². The molecule has 2 fully saturated rings. The summed E-state index contributed by atoms with van der Waals surface area (Å²) in [6, 6.07) is 2.53. The third-order valence-electron chi connectivity index (χ3n) is 3.83. The van der Waals surface area contributed by atoms with Crippen LogP contribution in [0.4, 0.5) is 0 Å². The minimum Gasteiger partial charge on any atom is -0.301 e. The Morgan fingerprint density at radius 1 is 1.29 bits per heavy atom. The Kier molecular flexibility index (Phi) is 2.31. The highest BCUT2D eigenvalue weighted by molar-refractivity contribution is 5.07. The van der Waals surface area contributed by atoms with E-state index in [4.69, 9.17) is 5.26 Å². The van der Waals surface area contributed by atoms with Gasteiger partial charge in [-0.3, -0.25) is 0 Å². The molecule has 0 aromatic carbocycles. The molecule has 1 aliphatic carbocycles. The highest BCUT2D eigenvalue weighted by atomic mass is 15.2. The second-order valence-electron chi connectivity index (χ2n) is 5.87. The van der Waals surface area contributed by atoms with E-state index in [2.05, 4.69) is 24.8 Å². The summed E-state index contributed by atoms with van der Waals surface area (Å²) in [4.78, 5) is 2.49. The van der Waals surface area contributed by atoms with Crippen molar-refractivity contribution in [1.29, 1.82) is 5.26 Å². The number of likely N-dealkylation sites (tertiary alicyclic amines) is 1. The standard InChI is InChI=1S/C12H20N2/c1-11(2)6-7-14(9-11)10-12(8-13)4-3-5-12/h3-7,9-10H2,1-2H3. The van der Waals surface area contributed by atoms with Crippen LogP contribution in [0, 0.1) is 22.2 Å². The highest BCUT2D eigenvalue weighted by Crippen LogP contribution is 2.42. The van der Waals surface area contributed by atoms with Gasteiger partial charge in [-0.05, 0) is 31.2 Å². The molecule has 2 heteroatoms. The van der Waals surface area contributed by atoms with Crippen molar-refractivity contribution in [2.24, 2.45) is 10.8 Å². The minimum absolute atomic E-state index is 0.0282. The van der Waals surface area contributed by atoms with Crippen LogP contribution in [0.3, 0.4) is 0 Å². The average molecular weight is 192 g/mol. The van der Waals surface area contributed by atoms with Crippen molar-refractivity contribution in [1.82, 2.24) is 4.90 Å². The first-order chi connectivity index (χ1) is 6.55. The number of hydrogen-bond acceptors (Lipinski definition) is 2. The molecule has 2 rings (SSSR count). The van der Waals surface area contributed by atoms with Crippen LogP contribution in [0.25, 0.3) is 0 Å².